The second kappa shape index (κ2) is 3.58. The Morgan fingerprint density at radius 3 is 2.54 bits per heavy atom. The number of rotatable bonds is 1. The first-order valence-electron chi connectivity index (χ1n) is 3.95. The van der Waals surface area contributed by atoms with Crippen molar-refractivity contribution in [1.29, 1.82) is 0 Å². The van der Waals surface area contributed by atoms with Crippen molar-refractivity contribution in [3.05, 3.63) is 53.8 Å². The largest absolute Gasteiger partial charge is 0.254 e. The fraction of sp³-hybridized carbons (Fsp3) is 0. The molecule has 1 heterocycles. The van der Waals surface area contributed by atoms with Gasteiger partial charge in [0.1, 0.15) is 0 Å². The van der Waals surface area contributed by atoms with Gasteiger partial charge in [0, 0.05) is 11.8 Å². The molecule has 63 valence electrons. The van der Waals surface area contributed by atoms with Crippen LogP contribution < -0.4 is 0 Å². The van der Waals surface area contributed by atoms with Crippen LogP contribution in [0.3, 0.4) is 0 Å². The number of hydrogen-bond donors (Lipinski definition) is 0. The van der Waals surface area contributed by atoms with Crippen LogP contribution in [0.1, 0.15) is 0 Å². The van der Waals surface area contributed by atoms with E-state index in [9.17, 15) is 0 Å². The molecule has 0 aliphatic heterocycles. The van der Waals surface area contributed by atoms with Crippen molar-refractivity contribution in [3.8, 4) is 11.1 Å². The quantitative estimate of drug-likeness (QED) is 0.670. The Balaban J connectivity index is 2.54. The van der Waals surface area contributed by atoms with Crippen LogP contribution in [-0.4, -0.2) is 4.98 Å². The van der Waals surface area contributed by atoms with Gasteiger partial charge in [-0.05, 0) is 11.6 Å². The monoisotopic (exact) mass is 188 g/mol. The molecule has 0 amide bonds. The van der Waals surface area contributed by atoms with E-state index in [4.69, 9.17) is 11.6 Å². The molecular formula is C11H7ClN. The highest BCUT2D eigenvalue weighted by Gasteiger charge is 2.01. The van der Waals surface area contributed by atoms with Crippen LogP contribution in [0.2, 0.25) is 5.02 Å². The van der Waals surface area contributed by atoms with Gasteiger partial charge >= 0.3 is 0 Å². The summed E-state index contributed by atoms with van der Waals surface area (Å²) in [6.45, 7) is 0. The molecule has 0 fully saturated rings. The Morgan fingerprint density at radius 2 is 1.85 bits per heavy atom. The zero-order valence-electron chi connectivity index (χ0n) is 6.87. The van der Waals surface area contributed by atoms with Crippen LogP contribution >= 0.6 is 11.6 Å². The molecule has 0 unspecified atom stereocenters. The molecule has 0 aliphatic rings. The van der Waals surface area contributed by atoms with E-state index < -0.39 is 0 Å². The van der Waals surface area contributed by atoms with Gasteiger partial charge in [-0.2, -0.15) is 0 Å². The molecule has 0 atom stereocenters. The highest BCUT2D eigenvalue weighted by molar-refractivity contribution is 6.33. The Labute approximate surface area is 82.0 Å². The predicted molar refractivity (Wildman–Crippen MR) is 53.5 cm³/mol. The molecule has 1 radical (unpaired) electrons. The Bertz CT molecular complexity index is 398. The zero-order chi connectivity index (χ0) is 9.10. The number of aromatic nitrogens is 1. The van der Waals surface area contributed by atoms with Crippen LogP contribution in [0.4, 0.5) is 0 Å². The minimum Gasteiger partial charge on any atom is -0.254 e. The van der Waals surface area contributed by atoms with Crippen LogP contribution in [0.15, 0.2) is 42.6 Å². The molecule has 0 saturated heterocycles. The average molecular weight is 189 g/mol. The standard InChI is InChI=1S/C11H7ClN/c12-11-6-7-13-8-10(11)9-4-2-1-3-5-9/h1-7H. The maximum atomic E-state index is 5.99. The van der Waals surface area contributed by atoms with Crippen LogP contribution in [0, 0.1) is 6.20 Å². The van der Waals surface area contributed by atoms with E-state index in [2.05, 4.69) is 11.2 Å². The molecule has 13 heavy (non-hydrogen) atoms. The van der Waals surface area contributed by atoms with E-state index in [0.717, 1.165) is 11.1 Å². The predicted octanol–water partition coefficient (Wildman–Crippen LogP) is 3.20. The summed E-state index contributed by atoms with van der Waals surface area (Å²) >= 11 is 5.99. The van der Waals surface area contributed by atoms with Crippen molar-refractivity contribution >= 4 is 11.6 Å². The SMILES string of the molecule is Clc1ccn[c]c1-c1ccccc1. The maximum absolute atomic E-state index is 5.99. The summed E-state index contributed by atoms with van der Waals surface area (Å²) in [4.78, 5) is 3.91. The van der Waals surface area contributed by atoms with Gasteiger partial charge in [-0.1, -0.05) is 41.9 Å². The van der Waals surface area contributed by atoms with E-state index in [0.29, 0.717) is 5.02 Å². The summed E-state index contributed by atoms with van der Waals surface area (Å²) in [5, 5.41) is 0.682. The molecule has 1 aromatic carbocycles. The summed E-state index contributed by atoms with van der Waals surface area (Å²) < 4.78 is 0. The smallest absolute Gasteiger partial charge is 0.0986 e. The van der Waals surface area contributed by atoms with Crippen molar-refractivity contribution in [1.82, 2.24) is 4.98 Å². The average Bonchev–Trinajstić information content (AvgIpc) is 2.20. The molecule has 0 N–H and O–H groups in total. The first-order chi connectivity index (χ1) is 6.38. The number of hydrogen-bond acceptors (Lipinski definition) is 1. The molecule has 1 nitrogen and oxygen atoms in total. The van der Waals surface area contributed by atoms with Gasteiger partial charge in [0.15, 0.2) is 0 Å². The lowest BCUT2D eigenvalue weighted by atomic mass is 10.1. The lowest BCUT2D eigenvalue weighted by Crippen LogP contribution is -1.80. The number of benzene rings is 1. The highest BCUT2D eigenvalue weighted by Crippen LogP contribution is 2.25. The molecule has 2 rings (SSSR count). The van der Waals surface area contributed by atoms with Crippen molar-refractivity contribution in [3.63, 3.8) is 0 Å². The minimum atomic E-state index is 0.682. The van der Waals surface area contributed by atoms with Crippen LogP contribution in [0.25, 0.3) is 11.1 Å². The first-order valence-corrected chi connectivity index (χ1v) is 4.33. The van der Waals surface area contributed by atoms with E-state index in [1.165, 1.54) is 0 Å². The first kappa shape index (κ1) is 8.27. The van der Waals surface area contributed by atoms with Crippen molar-refractivity contribution in [2.24, 2.45) is 0 Å². The van der Waals surface area contributed by atoms with E-state index in [1.807, 2.05) is 30.3 Å². The second-order valence-corrected chi connectivity index (χ2v) is 3.05. The molecule has 1 aromatic heterocycles. The molecule has 0 saturated carbocycles. The molecule has 2 aromatic rings. The molecule has 2 heteroatoms. The van der Waals surface area contributed by atoms with Crippen molar-refractivity contribution in [2.75, 3.05) is 0 Å². The Hall–Kier alpha value is -1.34. The van der Waals surface area contributed by atoms with Gasteiger partial charge in [-0.15, -0.1) is 0 Å². The van der Waals surface area contributed by atoms with E-state index >= 15 is 0 Å². The van der Waals surface area contributed by atoms with Gasteiger partial charge in [0.2, 0.25) is 0 Å². The van der Waals surface area contributed by atoms with Crippen molar-refractivity contribution in [2.45, 2.75) is 0 Å². The summed E-state index contributed by atoms with van der Waals surface area (Å²) in [6.07, 6.45) is 4.50. The number of nitrogens with zero attached hydrogens (tertiary/aromatic N) is 1. The van der Waals surface area contributed by atoms with E-state index in [1.54, 1.807) is 12.3 Å². The fourth-order valence-electron chi connectivity index (χ4n) is 1.15. The molecule has 0 aliphatic carbocycles. The Kier molecular flexibility index (Phi) is 2.28. The summed E-state index contributed by atoms with van der Waals surface area (Å²) in [5.41, 5.74) is 1.89. The third-order valence-corrected chi connectivity index (χ3v) is 2.09. The lowest BCUT2D eigenvalue weighted by molar-refractivity contribution is 1.31. The number of halogens is 1. The highest BCUT2D eigenvalue weighted by atomic mass is 35.5. The maximum Gasteiger partial charge on any atom is 0.0986 e. The van der Waals surface area contributed by atoms with Gasteiger partial charge < -0.3 is 0 Å². The fourth-order valence-corrected chi connectivity index (χ4v) is 1.36. The normalized spacial score (nSPS) is 9.92. The third kappa shape index (κ3) is 1.70. The Morgan fingerprint density at radius 1 is 1.08 bits per heavy atom. The van der Waals surface area contributed by atoms with Gasteiger partial charge in [-0.25, -0.2) is 0 Å². The van der Waals surface area contributed by atoms with E-state index in [-0.39, 0.29) is 0 Å². The molecule has 0 spiro atoms. The second-order valence-electron chi connectivity index (χ2n) is 2.65. The van der Waals surface area contributed by atoms with Gasteiger partial charge in [0.25, 0.3) is 0 Å². The molecular weight excluding hydrogens is 182 g/mol. The zero-order valence-corrected chi connectivity index (χ0v) is 7.62. The molecule has 0 bridgehead atoms. The third-order valence-electron chi connectivity index (χ3n) is 1.77. The van der Waals surface area contributed by atoms with Gasteiger partial charge in [0.05, 0.1) is 11.2 Å². The van der Waals surface area contributed by atoms with Gasteiger partial charge in [-0.3, -0.25) is 4.98 Å². The minimum absolute atomic E-state index is 0.682. The summed E-state index contributed by atoms with van der Waals surface area (Å²) in [7, 11) is 0. The summed E-state index contributed by atoms with van der Waals surface area (Å²) in [5.74, 6) is 0. The number of pyridine rings is 1. The van der Waals surface area contributed by atoms with Crippen LogP contribution in [-0.2, 0) is 0 Å². The van der Waals surface area contributed by atoms with Crippen LogP contribution in [0.5, 0.6) is 0 Å². The summed E-state index contributed by atoms with van der Waals surface area (Å²) in [6, 6.07) is 11.6. The van der Waals surface area contributed by atoms with Crippen molar-refractivity contribution < 1.29 is 0 Å². The topological polar surface area (TPSA) is 12.9 Å². The lowest BCUT2D eigenvalue weighted by Gasteiger charge is -2.01.